The molecule has 1 amide bonds. The van der Waals surface area contributed by atoms with Crippen molar-refractivity contribution in [2.75, 3.05) is 18.1 Å². The second kappa shape index (κ2) is 6.51. The molecule has 0 radical (unpaired) electrons. The van der Waals surface area contributed by atoms with E-state index in [1.807, 2.05) is 29.4 Å². The molecule has 1 aromatic carbocycles. The summed E-state index contributed by atoms with van der Waals surface area (Å²) in [5.74, 6) is 0.584. The number of carbonyl (C=O) groups excluding carboxylic acids is 1. The molecule has 0 saturated carbocycles. The van der Waals surface area contributed by atoms with E-state index < -0.39 is 0 Å². The average molecular weight is 363 g/mol. The van der Waals surface area contributed by atoms with Crippen LogP contribution in [0.2, 0.25) is 5.02 Å². The van der Waals surface area contributed by atoms with E-state index in [1.165, 1.54) is 0 Å². The summed E-state index contributed by atoms with van der Waals surface area (Å²) in [6.07, 6.45) is 3.05. The molecule has 0 N–H and O–H groups in total. The number of likely N-dealkylation sites (tertiary alicyclic amines) is 1. The van der Waals surface area contributed by atoms with Gasteiger partial charge in [-0.15, -0.1) is 11.8 Å². The molecule has 1 saturated heterocycles. The van der Waals surface area contributed by atoms with E-state index in [-0.39, 0.29) is 11.9 Å². The maximum absolute atomic E-state index is 12.7. The molecule has 0 bridgehead atoms. The van der Waals surface area contributed by atoms with Crippen molar-refractivity contribution in [2.24, 2.45) is 5.92 Å². The molecule has 1 aliphatic heterocycles. The zero-order valence-electron chi connectivity index (χ0n) is 11.0. The Morgan fingerprint density at radius 1 is 1.58 bits per heavy atom. The Labute approximate surface area is 132 Å². The fraction of sp³-hybridized carbons (Fsp3) is 0.500. The minimum Gasteiger partial charge on any atom is -0.334 e. The summed E-state index contributed by atoms with van der Waals surface area (Å²) in [4.78, 5) is 15.7. The first-order valence-electron chi connectivity index (χ1n) is 6.29. The number of nitrogens with zero attached hydrogens (tertiary/aromatic N) is 1. The highest BCUT2D eigenvalue weighted by molar-refractivity contribution is 9.09. The molecule has 1 heterocycles. The van der Waals surface area contributed by atoms with E-state index in [0.29, 0.717) is 16.5 Å². The number of carbonyl (C=O) groups is 1. The highest BCUT2D eigenvalue weighted by Crippen LogP contribution is 2.30. The van der Waals surface area contributed by atoms with Gasteiger partial charge in [0.15, 0.2) is 0 Å². The molecule has 0 aromatic heterocycles. The van der Waals surface area contributed by atoms with Crippen molar-refractivity contribution in [2.45, 2.75) is 24.3 Å². The number of halogens is 2. The van der Waals surface area contributed by atoms with Gasteiger partial charge in [0.05, 0.1) is 10.6 Å². The third kappa shape index (κ3) is 3.11. The Hall–Kier alpha value is -0.190. The molecule has 2 atom stereocenters. The molecule has 2 unspecified atom stereocenters. The van der Waals surface area contributed by atoms with Gasteiger partial charge >= 0.3 is 0 Å². The van der Waals surface area contributed by atoms with Crippen molar-refractivity contribution in [1.82, 2.24) is 4.90 Å². The van der Waals surface area contributed by atoms with E-state index in [4.69, 9.17) is 11.6 Å². The maximum atomic E-state index is 12.7. The van der Waals surface area contributed by atoms with Crippen LogP contribution in [0.3, 0.4) is 0 Å². The smallest absolute Gasteiger partial charge is 0.255 e. The summed E-state index contributed by atoms with van der Waals surface area (Å²) >= 11 is 11.3. The second-order valence-electron chi connectivity index (χ2n) is 4.83. The van der Waals surface area contributed by atoms with E-state index >= 15 is 0 Å². The molecule has 104 valence electrons. The highest BCUT2D eigenvalue weighted by atomic mass is 79.9. The van der Waals surface area contributed by atoms with E-state index in [9.17, 15) is 4.79 Å². The molecule has 1 aromatic rings. The van der Waals surface area contributed by atoms with Gasteiger partial charge in [0.1, 0.15) is 0 Å². The van der Waals surface area contributed by atoms with Gasteiger partial charge < -0.3 is 4.90 Å². The summed E-state index contributed by atoms with van der Waals surface area (Å²) in [6, 6.07) is 5.91. The monoisotopic (exact) mass is 361 g/mol. The number of hydrogen-bond donors (Lipinski definition) is 0. The first-order valence-corrected chi connectivity index (χ1v) is 9.01. The van der Waals surface area contributed by atoms with Gasteiger partial charge in [-0.05, 0) is 36.8 Å². The van der Waals surface area contributed by atoms with Gasteiger partial charge in [-0.25, -0.2) is 0 Å². The van der Waals surface area contributed by atoms with Crippen molar-refractivity contribution in [3.05, 3.63) is 28.8 Å². The zero-order valence-corrected chi connectivity index (χ0v) is 14.2. The number of benzene rings is 1. The molecule has 1 fully saturated rings. The Balaban J connectivity index is 2.29. The molecule has 5 heteroatoms. The average Bonchev–Trinajstić information content (AvgIpc) is 2.79. The van der Waals surface area contributed by atoms with Gasteiger partial charge in [-0.1, -0.05) is 34.5 Å². The Morgan fingerprint density at radius 2 is 2.32 bits per heavy atom. The van der Waals surface area contributed by atoms with Crippen LogP contribution in [0.1, 0.15) is 23.7 Å². The first kappa shape index (κ1) is 15.2. The summed E-state index contributed by atoms with van der Waals surface area (Å²) in [6.45, 7) is 3.01. The van der Waals surface area contributed by atoms with Crippen molar-refractivity contribution in [3.63, 3.8) is 0 Å². The number of rotatable bonds is 3. The number of alkyl halides is 1. The molecular weight excluding hydrogens is 346 g/mol. The van der Waals surface area contributed by atoms with Crippen molar-refractivity contribution < 1.29 is 4.79 Å². The van der Waals surface area contributed by atoms with E-state index in [1.54, 1.807) is 11.8 Å². The minimum atomic E-state index is 0.0506. The Morgan fingerprint density at radius 3 is 2.95 bits per heavy atom. The third-order valence-electron chi connectivity index (χ3n) is 3.71. The van der Waals surface area contributed by atoms with Crippen LogP contribution < -0.4 is 0 Å². The number of thioether (sulfide) groups is 1. The Kier molecular flexibility index (Phi) is 5.21. The van der Waals surface area contributed by atoms with E-state index in [0.717, 1.165) is 23.2 Å². The summed E-state index contributed by atoms with van der Waals surface area (Å²) in [7, 11) is 0. The SMILES string of the molecule is CSc1ccc(Cl)c(C(=O)N2CCC(C)C2CBr)c1. The van der Waals surface area contributed by atoms with Crippen LogP contribution in [0.4, 0.5) is 0 Å². The lowest BCUT2D eigenvalue weighted by molar-refractivity contribution is 0.0738. The lowest BCUT2D eigenvalue weighted by atomic mass is 10.0. The molecule has 0 spiro atoms. The first-order chi connectivity index (χ1) is 9.08. The van der Waals surface area contributed by atoms with Crippen LogP contribution in [-0.4, -0.2) is 35.0 Å². The van der Waals surface area contributed by atoms with Crippen molar-refractivity contribution in [1.29, 1.82) is 0 Å². The fourth-order valence-corrected chi connectivity index (χ4v) is 4.07. The summed E-state index contributed by atoms with van der Waals surface area (Å²) in [5, 5.41) is 1.36. The minimum absolute atomic E-state index is 0.0506. The number of hydrogen-bond acceptors (Lipinski definition) is 2. The van der Waals surface area contributed by atoms with Gasteiger partial charge in [0, 0.05) is 22.8 Å². The highest BCUT2D eigenvalue weighted by Gasteiger charge is 2.34. The topological polar surface area (TPSA) is 20.3 Å². The number of amides is 1. The van der Waals surface area contributed by atoms with Crippen LogP contribution in [0.25, 0.3) is 0 Å². The standard InChI is InChI=1S/C14H17BrClNOS/c1-9-5-6-17(13(9)8-15)14(18)11-7-10(19-2)3-4-12(11)16/h3-4,7,9,13H,5-6,8H2,1-2H3. The van der Waals surface area contributed by atoms with Gasteiger partial charge in [-0.3, -0.25) is 4.79 Å². The fourth-order valence-electron chi connectivity index (χ4n) is 2.45. The van der Waals surface area contributed by atoms with Gasteiger partial charge in [-0.2, -0.15) is 0 Å². The van der Waals surface area contributed by atoms with Gasteiger partial charge in [0.2, 0.25) is 0 Å². The van der Waals surface area contributed by atoms with Crippen LogP contribution in [0, 0.1) is 5.92 Å². The summed E-state index contributed by atoms with van der Waals surface area (Å²) in [5.41, 5.74) is 0.619. The largest absolute Gasteiger partial charge is 0.334 e. The summed E-state index contributed by atoms with van der Waals surface area (Å²) < 4.78 is 0. The maximum Gasteiger partial charge on any atom is 0.255 e. The predicted molar refractivity (Wildman–Crippen MR) is 85.6 cm³/mol. The van der Waals surface area contributed by atoms with Crippen molar-refractivity contribution >= 4 is 45.2 Å². The Bertz CT molecular complexity index is 483. The second-order valence-corrected chi connectivity index (χ2v) is 6.77. The molecule has 2 rings (SSSR count). The molecule has 2 nitrogen and oxygen atoms in total. The van der Waals surface area contributed by atoms with Crippen LogP contribution in [0.5, 0.6) is 0 Å². The van der Waals surface area contributed by atoms with Crippen LogP contribution >= 0.6 is 39.3 Å². The van der Waals surface area contributed by atoms with Crippen LogP contribution in [0.15, 0.2) is 23.1 Å². The lowest BCUT2D eigenvalue weighted by Crippen LogP contribution is -2.38. The normalized spacial score (nSPS) is 22.8. The van der Waals surface area contributed by atoms with E-state index in [2.05, 4.69) is 22.9 Å². The molecular formula is C14H17BrClNOS. The van der Waals surface area contributed by atoms with Crippen molar-refractivity contribution in [3.8, 4) is 0 Å². The van der Waals surface area contributed by atoms with Gasteiger partial charge in [0.25, 0.3) is 5.91 Å². The molecule has 0 aliphatic carbocycles. The van der Waals surface area contributed by atoms with Crippen LogP contribution in [-0.2, 0) is 0 Å². The quantitative estimate of drug-likeness (QED) is 0.590. The third-order valence-corrected chi connectivity index (χ3v) is 5.42. The molecule has 19 heavy (non-hydrogen) atoms. The lowest BCUT2D eigenvalue weighted by Gasteiger charge is -2.25. The predicted octanol–water partition coefficient (Wildman–Crippen LogP) is 4.31. The zero-order chi connectivity index (χ0) is 14.0. The molecule has 1 aliphatic rings.